The molecule has 2 aliphatic rings. The number of hydrogen-bond donors (Lipinski definition) is 1. The number of aryl methyl sites for hydroxylation is 1. The summed E-state index contributed by atoms with van der Waals surface area (Å²) in [5, 5.41) is 4.50. The molecule has 0 aromatic carbocycles. The Kier molecular flexibility index (Phi) is 5.52. The van der Waals surface area contributed by atoms with Crippen molar-refractivity contribution >= 4 is 52.6 Å². The van der Waals surface area contributed by atoms with Crippen molar-refractivity contribution in [3.05, 3.63) is 27.0 Å². The second-order valence-corrected chi connectivity index (χ2v) is 8.93. The fraction of sp³-hybridized carbons (Fsp3) is 0.500. The van der Waals surface area contributed by atoms with E-state index in [9.17, 15) is 4.79 Å². The molecule has 4 rings (SSSR count). The van der Waals surface area contributed by atoms with E-state index < -0.39 is 0 Å². The number of fused-ring (bicyclic) bond motifs is 2. The molecule has 4 heterocycles. The van der Waals surface area contributed by atoms with Crippen molar-refractivity contribution in [2.24, 2.45) is 0 Å². The molecule has 0 spiro atoms. The van der Waals surface area contributed by atoms with Crippen molar-refractivity contribution in [1.29, 1.82) is 0 Å². The number of carbonyl (C=O) groups is 1. The average molecular weight is 404 g/mol. The summed E-state index contributed by atoms with van der Waals surface area (Å²) in [5.41, 5.74) is 0.821. The Morgan fingerprint density at radius 1 is 1.29 bits per heavy atom. The molecule has 2 atom stereocenters. The normalized spacial score (nSPS) is 23.0. The zero-order valence-electron chi connectivity index (χ0n) is 13.3. The Morgan fingerprint density at radius 2 is 2.08 bits per heavy atom. The molecule has 0 saturated carbocycles. The topological polar surface area (TPSA) is 45.2 Å². The number of halogens is 2. The Balaban J connectivity index is 0.00000169. The highest BCUT2D eigenvalue weighted by Gasteiger charge is 2.32. The molecule has 2 aromatic rings. The Hall–Kier alpha value is -0.660. The number of aromatic nitrogens is 1. The standard InChI is InChI=1S/C16H18ClN3OS2.ClH/c1-9-14(23-15(18-9)12-4-5-13(17)22-12)16(21)20-7-6-10-2-3-11(8-20)19-10;/h4-5,10-11,19H,2-3,6-8H2,1H3;1H. The van der Waals surface area contributed by atoms with E-state index >= 15 is 0 Å². The molecule has 4 nitrogen and oxygen atoms in total. The van der Waals surface area contributed by atoms with Crippen molar-refractivity contribution in [3.8, 4) is 9.88 Å². The lowest BCUT2D eigenvalue weighted by Crippen LogP contribution is -2.39. The first-order valence-corrected chi connectivity index (χ1v) is 9.89. The molecule has 2 aliphatic heterocycles. The van der Waals surface area contributed by atoms with E-state index in [1.807, 2.05) is 24.0 Å². The number of thiophene rings is 1. The maximum absolute atomic E-state index is 12.9. The second-order valence-electron chi connectivity index (χ2n) is 6.22. The van der Waals surface area contributed by atoms with Gasteiger partial charge in [-0.1, -0.05) is 11.6 Å². The molecule has 8 heteroatoms. The van der Waals surface area contributed by atoms with E-state index in [1.165, 1.54) is 35.5 Å². The van der Waals surface area contributed by atoms with Crippen LogP contribution in [-0.2, 0) is 0 Å². The first-order chi connectivity index (χ1) is 11.1. The minimum Gasteiger partial charge on any atom is -0.336 e. The lowest BCUT2D eigenvalue weighted by Gasteiger charge is -2.23. The molecule has 2 saturated heterocycles. The van der Waals surface area contributed by atoms with Gasteiger partial charge in [0.25, 0.3) is 5.91 Å². The van der Waals surface area contributed by atoms with Gasteiger partial charge in [0.1, 0.15) is 9.88 Å². The minimum atomic E-state index is 0. The van der Waals surface area contributed by atoms with Crippen LogP contribution in [0.3, 0.4) is 0 Å². The fourth-order valence-electron chi connectivity index (χ4n) is 3.40. The van der Waals surface area contributed by atoms with Gasteiger partial charge in [0.05, 0.1) is 14.9 Å². The molecular formula is C16H19Cl2N3OS2. The third-order valence-electron chi connectivity index (χ3n) is 4.59. The predicted octanol–water partition coefficient (Wildman–Crippen LogP) is 4.22. The summed E-state index contributed by atoms with van der Waals surface area (Å²) in [7, 11) is 0. The van der Waals surface area contributed by atoms with Gasteiger partial charge < -0.3 is 10.2 Å². The maximum atomic E-state index is 12.9. The number of nitrogens with zero attached hydrogens (tertiary/aromatic N) is 2. The van der Waals surface area contributed by atoms with Crippen LogP contribution in [0.4, 0.5) is 0 Å². The molecule has 1 amide bonds. The molecule has 0 aliphatic carbocycles. The van der Waals surface area contributed by atoms with Gasteiger partial charge in [0.2, 0.25) is 0 Å². The summed E-state index contributed by atoms with van der Waals surface area (Å²) >= 11 is 8.99. The van der Waals surface area contributed by atoms with Crippen LogP contribution in [0.2, 0.25) is 4.34 Å². The number of rotatable bonds is 2. The van der Waals surface area contributed by atoms with Crippen LogP contribution in [0.1, 0.15) is 34.6 Å². The summed E-state index contributed by atoms with van der Waals surface area (Å²) in [5.74, 6) is 0.128. The zero-order chi connectivity index (χ0) is 16.0. The van der Waals surface area contributed by atoms with Gasteiger partial charge in [-0.15, -0.1) is 35.1 Å². The van der Waals surface area contributed by atoms with Crippen LogP contribution in [-0.4, -0.2) is 41.0 Å². The van der Waals surface area contributed by atoms with Crippen molar-refractivity contribution in [2.75, 3.05) is 13.1 Å². The lowest BCUT2D eigenvalue weighted by molar-refractivity contribution is 0.0752. The van der Waals surface area contributed by atoms with Crippen molar-refractivity contribution in [1.82, 2.24) is 15.2 Å². The smallest absolute Gasteiger partial charge is 0.265 e. The highest BCUT2D eigenvalue weighted by atomic mass is 35.5. The summed E-state index contributed by atoms with van der Waals surface area (Å²) in [6, 6.07) is 4.88. The van der Waals surface area contributed by atoms with Gasteiger partial charge in [-0.05, 0) is 38.3 Å². The van der Waals surface area contributed by atoms with E-state index in [2.05, 4.69) is 10.3 Å². The van der Waals surface area contributed by atoms with Gasteiger partial charge in [-0.25, -0.2) is 4.98 Å². The van der Waals surface area contributed by atoms with Crippen LogP contribution in [0, 0.1) is 6.92 Å². The molecule has 2 fully saturated rings. The van der Waals surface area contributed by atoms with Gasteiger partial charge in [0.15, 0.2) is 0 Å². The SMILES string of the molecule is Cc1nc(-c2ccc(Cl)s2)sc1C(=O)N1CCC2CCC(C1)N2.Cl. The van der Waals surface area contributed by atoms with Gasteiger partial charge in [-0.2, -0.15) is 0 Å². The van der Waals surface area contributed by atoms with Gasteiger partial charge in [0, 0.05) is 25.2 Å². The van der Waals surface area contributed by atoms with Crippen LogP contribution in [0.25, 0.3) is 9.88 Å². The Morgan fingerprint density at radius 3 is 2.83 bits per heavy atom. The molecule has 130 valence electrons. The summed E-state index contributed by atoms with van der Waals surface area (Å²) in [6.45, 7) is 3.57. The molecule has 2 unspecified atom stereocenters. The van der Waals surface area contributed by atoms with Gasteiger partial charge >= 0.3 is 0 Å². The second kappa shape index (κ2) is 7.30. The molecular weight excluding hydrogens is 385 g/mol. The van der Waals surface area contributed by atoms with E-state index in [-0.39, 0.29) is 18.3 Å². The van der Waals surface area contributed by atoms with E-state index in [0.717, 1.165) is 44.3 Å². The average Bonchev–Trinajstić information content (AvgIpc) is 3.18. The number of likely N-dealkylation sites (tertiary alicyclic amines) is 1. The number of amides is 1. The largest absolute Gasteiger partial charge is 0.336 e. The van der Waals surface area contributed by atoms with Crippen LogP contribution in [0.5, 0.6) is 0 Å². The highest BCUT2D eigenvalue weighted by Crippen LogP contribution is 2.35. The molecule has 2 bridgehead atoms. The lowest BCUT2D eigenvalue weighted by atomic mass is 10.1. The highest BCUT2D eigenvalue weighted by molar-refractivity contribution is 7.24. The summed E-state index contributed by atoms with van der Waals surface area (Å²) in [6.07, 6.45) is 3.47. The third kappa shape index (κ3) is 3.48. The fourth-order valence-corrected chi connectivity index (χ4v) is 5.53. The van der Waals surface area contributed by atoms with Gasteiger partial charge in [-0.3, -0.25) is 4.79 Å². The van der Waals surface area contributed by atoms with Crippen LogP contribution in [0.15, 0.2) is 12.1 Å². The predicted molar refractivity (Wildman–Crippen MR) is 103 cm³/mol. The molecule has 24 heavy (non-hydrogen) atoms. The third-order valence-corrected chi connectivity index (χ3v) is 7.13. The number of thiazole rings is 1. The minimum absolute atomic E-state index is 0. The Labute approximate surface area is 160 Å². The van der Waals surface area contributed by atoms with E-state index in [1.54, 1.807) is 0 Å². The monoisotopic (exact) mass is 403 g/mol. The zero-order valence-corrected chi connectivity index (χ0v) is 16.5. The number of carbonyl (C=O) groups excluding carboxylic acids is 1. The first-order valence-electron chi connectivity index (χ1n) is 7.88. The van der Waals surface area contributed by atoms with Crippen LogP contribution >= 0.6 is 46.7 Å². The molecule has 1 N–H and O–H groups in total. The summed E-state index contributed by atoms with van der Waals surface area (Å²) < 4.78 is 0.746. The van der Waals surface area contributed by atoms with E-state index in [4.69, 9.17) is 11.6 Å². The van der Waals surface area contributed by atoms with Crippen LogP contribution < -0.4 is 5.32 Å². The number of nitrogens with one attached hydrogen (secondary N) is 1. The Bertz CT molecular complexity index is 746. The quantitative estimate of drug-likeness (QED) is 0.815. The van der Waals surface area contributed by atoms with Crippen molar-refractivity contribution in [2.45, 2.75) is 38.3 Å². The molecule has 2 aromatic heterocycles. The summed E-state index contributed by atoms with van der Waals surface area (Å²) in [4.78, 5) is 21.3. The maximum Gasteiger partial charge on any atom is 0.265 e. The first kappa shape index (κ1) is 18.1. The molecule has 0 radical (unpaired) electrons. The van der Waals surface area contributed by atoms with Crippen molar-refractivity contribution in [3.63, 3.8) is 0 Å². The van der Waals surface area contributed by atoms with Crippen molar-refractivity contribution < 1.29 is 4.79 Å². The number of hydrogen-bond acceptors (Lipinski definition) is 5. The van der Waals surface area contributed by atoms with E-state index in [0.29, 0.717) is 12.1 Å².